The van der Waals surface area contributed by atoms with E-state index >= 15 is 0 Å². The van der Waals surface area contributed by atoms with Gasteiger partial charge in [0.05, 0.1) is 13.1 Å². The molecular formula is C14H24NO4+. The van der Waals surface area contributed by atoms with Gasteiger partial charge < -0.3 is 10.2 Å². The number of rotatable bonds is 10. The second kappa shape index (κ2) is 7.74. The van der Waals surface area contributed by atoms with Crippen LogP contribution in [-0.2, 0) is 9.59 Å². The fourth-order valence-corrected chi connectivity index (χ4v) is 2.80. The number of nitrogens with zero attached hydrogens (tertiary/aromatic N) is 1. The van der Waals surface area contributed by atoms with Crippen LogP contribution in [-0.4, -0.2) is 51.8 Å². The van der Waals surface area contributed by atoms with Crippen molar-refractivity contribution in [2.24, 2.45) is 0 Å². The summed E-state index contributed by atoms with van der Waals surface area (Å²) in [4.78, 5) is 23.0. The van der Waals surface area contributed by atoms with Crippen LogP contribution < -0.4 is 0 Å². The van der Waals surface area contributed by atoms with Gasteiger partial charge in [0.15, 0.2) is 12.1 Å². The fourth-order valence-electron chi connectivity index (χ4n) is 2.80. The summed E-state index contributed by atoms with van der Waals surface area (Å²) >= 11 is 0. The van der Waals surface area contributed by atoms with E-state index in [-0.39, 0.29) is 4.48 Å². The molecule has 0 aliphatic rings. The van der Waals surface area contributed by atoms with Gasteiger partial charge in [0.1, 0.15) is 0 Å². The molecule has 0 radical (unpaired) electrons. The molecule has 5 nitrogen and oxygen atoms in total. The number of carbonyl (C=O) groups is 2. The van der Waals surface area contributed by atoms with Crippen molar-refractivity contribution in [3.63, 3.8) is 0 Å². The van der Waals surface area contributed by atoms with Crippen molar-refractivity contribution < 1.29 is 24.3 Å². The van der Waals surface area contributed by atoms with Crippen LogP contribution in [0.4, 0.5) is 0 Å². The van der Waals surface area contributed by atoms with E-state index in [2.05, 4.69) is 13.2 Å². The van der Waals surface area contributed by atoms with E-state index in [1.54, 1.807) is 26.0 Å². The number of carboxylic acid groups (broad SMARTS) is 2. The van der Waals surface area contributed by atoms with Gasteiger partial charge >= 0.3 is 11.9 Å². The van der Waals surface area contributed by atoms with Crippen LogP contribution in [0.2, 0.25) is 0 Å². The molecular weight excluding hydrogens is 246 g/mol. The lowest BCUT2D eigenvalue weighted by atomic mass is 10.0. The molecule has 0 heterocycles. The Morgan fingerprint density at radius 2 is 1.32 bits per heavy atom. The number of carboxylic acids is 2. The Morgan fingerprint density at radius 3 is 1.47 bits per heavy atom. The summed E-state index contributed by atoms with van der Waals surface area (Å²) in [6.45, 7) is 11.4. The van der Waals surface area contributed by atoms with Crippen LogP contribution in [0.1, 0.15) is 26.7 Å². The maximum Gasteiger partial charge on any atom is 0.362 e. The molecule has 0 saturated carbocycles. The molecule has 0 amide bonds. The predicted molar refractivity (Wildman–Crippen MR) is 73.8 cm³/mol. The second-order valence-corrected chi connectivity index (χ2v) is 4.57. The lowest BCUT2D eigenvalue weighted by molar-refractivity contribution is -0.948. The van der Waals surface area contributed by atoms with Gasteiger partial charge in [-0.25, -0.2) is 9.59 Å². The molecule has 2 atom stereocenters. The van der Waals surface area contributed by atoms with Crippen molar-refractivity contribution >= 4 is 11.9 Å². The predicted octanol–water partition coefficient (Wildman–Crippen LogP) is 1.90. The molecule has 0 bridgehead atoms. The Bertz CT molecular complexity index is 317. The summed E-state index contributed by atoms with van der Waals surface area (Å²) in [6, 6.07) is -1.56. The van der Waals surface area contributed by atoms with Crippen LogP contribution in [0.25, 0.3) is 0 Å². The molecule has 2 N–H and O–H groups in total. The standard InChI is InChI=1S/C14H23NO4/c1-5-9-15(10-6-2,11(7-3)13(16)17)12(8-4)14(18)19/h5-6,11-12H,1-2,7-10H2,3-4H3,(H-,16,17,18,19)/p+1. The molecule has 5 heteroatoms. The molecule has 19 heavy (non-hydrogen) atoms. The summed E-state index contributed by atoms with van der Waals surface area (Å²) in [7, 11) is 0. The largest absolute Gasteiger partial charge is 0.477 e. The summed E-state index contributed by atoms with van der Waals surface area (Å²) in [5, 5.41) is 18.8. The van der Waals surface area contributed by atoms with Crippen molar-refractivity contribution in [2.75, 3.05) is 13.1 Å². The van der Waals surface area contributed by atoms with Crippen molar-refractivity contribution in [1.29, 1.82) is 0 Å². The lowest BCUT2D eigenvalue weighted by Crippen LogP contribution is -2.66. The zero-order valence-electron chi connectivity index (χ0n) is 11.7. The highest BCUT2D eigenvalue weighted by Gasteiger charge is 2.47. The Kier molecular flexibility index (Phi) is 7.08. The van der Waals surface area contributed by atoms with Crippen LogP contribution in [0.3, 0.4) is 0 Å². The van der Waals surface area contributed by atoms with E-state index in [1.165, 1.54) is 0 Å². The van der Waals surface area contributed by atoms with Crippen molar-refractivity contribution in [3.05, 3.63) is 25.3 Å². The third-order valence-corrected chi connectivity index (χ3v) is 3.52. The molecule has 0 aliphatic heterocycles. The Labute approximate surface area is 114 Å². The van der Waals surface area contributed by atoms with Gasteiger partial charge in [-0.3, -0.25) is 4.48 Å². The zero-order chi connectivity index (χ0) is 15.1. The lowest BCUT2D eigenvalue weighted by Gasteiger charge is -2.45. The zero-order valence-corrected chi connectivity index (χ0v) is 11.7. The molecule has 0 rings (SSSR count). The monoisotopic (exact) mass is 270 g/mol. The Hall–Kier alpha value is -1.62. The SMILES string of the molecule is C=CC[N+](CC=C)(C(CC)C(=O)O)C(CC)C(=O)O. The van der Waals surface area contributed by atoms with Gasteiger partial charge in [-0.15, -0.1) is 0 Å². The van der Waals surface area contributed by atoms with Gasteiger partial charge in [0.2, 0.25) is 0 Å². The molecule has 108 valence electrons. The normalized spacial score (nSPS) is 14.4. The smallest absolute Gasteiger partial charge is 0.362 e. The van der Waals surface area contributed by atoms with Gasteiger partial charge in [-0.2, -0.15) is 0 Å². The second-order valence-electron chi connectivity index (χ2n) is 4.57. The minimum atomic E-state index is -0.981. The third-order valence-electron chi connectivity index (χ3n) is 3.52. The first kappa shape index (κ1) is 17.4. The molecule has 2 unspecified atom stereocenters. The van der Waals surface area contributed by atoms with E-state index in [9.17, 15) is 19.8 Å². The van der Waals surface area contributed by atoms with Gasteiger partial charge in [-0.05, 0) is 12.2 Å². The number of hydrogen-bond donors (Lipinski definition) is 2. The molecule has 0 aromatic heterocycles. The first-order valence-electron chi connectivity index (χ1n) is 6.45. The van der Waals surface area contributed by atoms with E-state index in [1.807, 2.05) is 0 Å². The van der Waals surface area contributed by atoms with Gasteiger partial charge in [0.25, 0.3) is 0 Å². The maximum absolute atomic E-state index is 11.5. The molecule has 0 fully saturated rings. The molecule has 0 saturated heterocycles. The van der Waals surface area contributed by atoms with Crippen molar-refractivity contribution in [2.45, 2.75) is 38.8 Å². The van der Waals surface area contributed by atoms with Gasteiger partial charge in [-0.1, -0.05) is 27.0 Å². The number of quaternary nitrogens is 1. The van der Waals surface area contributed by atoms with Crippen molar-refractivity contribution in [3.8, 4) is 0 Å². The average molecular weight is 270 g/mol. The molecule has 0 aromatic carbocycles. The highest BCUT2D eigenvalue weighted by atomic mass is 16.4. The topological polar surface area (TPSA) is 74.6 Å². The fraction of sp³-hybridized carbons (Fsp3) is 0.571. The average Bonchev–Trinajstić information content (AvgIpc) is 2.30. The van der Waals surface area contributed by atoms with E-state index < -0.39 is 24.0 Å². The first-order valence-corrected chi connectivity index (χ1v) is 6.45. The number of hydrogen-bond acceptors (Lipinski definition) is 2. The summed E-state index contributed by atoms with van der Waals surface area (Å²) < 4.78 is -0.0648. The summed E-state index contributed by atoms with van der Waals surface area (Å²) in [5.41, 5.74) is 0. The van der Waals surface area contributed by atoms with Crippen LogP contribution in [0, 0.1) is 0 Å². The minimum absolute atomic E-state index is 0.0648. The molecule has 0 aliphatic carbocycles. The van der Waals surface area contributed by atoms with Crippen LogP contribution in [0.5, 0.6) is 0 Å². The molecule has 0 spiro atoms. The highest BCUT2D eigenvalue weighted by Crippen LogP contribution is 2.25. The highest BCUT2D eigenvalue weighted by molar-refractivity contribution is 5.75. The third kappa shape index (κ3) is 3.67. The summed E-state index contributed by atoms with van der Waals surface area (Å²) in [5.74, 6) is -1.96. The first-order chi connectivity index (χ1) is 8.91. The van der Waals surface area contributed by atoms with E-state index in [4.69, 9.17) is 0 Å². The quantitative estimate of drug-likeness (QED) is 0.469. The number of aliphatic carboxylic acids is 2. The molecule has 0 aromatic rings. The van der Waals surface area contributed by atoms with Crippen LogP contribution in [0.15, 0.2) is 25.3 Å². The maximum atomic E-state index is 11.5. The Morgan fingerprint density at radius 1 is 1.00 bits per heavy atom. The van der Waals surface area contributed by atoms with Gasteiger partial charge in [0, 0.05) is 12.8 Å². The van der Waals surface area contributed by atoms with Crippen LogP contribution >= 0.6 is 0 Å². The Balaban J connectivity index is 5.87. The van der Waals surface area contributed by atoms with Crippen molar-refractivity contribution in [1.82, 2.24) is 0 Å². The van der Waals surface area contributed by atoms with E-state index in [0.29, 0.717) is 25.9 Å². The summed E-state index contributed by atoms with van der Waals surface area (Å²) in [6.07, 6.45) is 3.89. The van der Waals surface area contributed by atoms with E-state index in [0.717, 1.165) is 0 Å². The minimum Gasteiger partial charge on any atom is -0.477 e.